The number of sulfone groups is 1. The van der Waals surface area contributed by atoms with Gasteiger partial charge in [-0.25, -0.2) is 26.8 Å². The first kappa shape index (κ1) is 29.0. The molecule has 0 saturated carbocycles. The summed E-state index contributed by atoms with van der Waals surface area (Å²) in [6, 6.07) is 22.8. The number of fused-ring (bicyclic) bond motifs is 2. The zero-order valence-electron chi connectivity index (χ0n) is 23.7. The van der Waals surface area contributed by atoms with Gasteiger partial charge < -0.3 is 0 Å². The van der Waals surface area contributed by atoms with E-state index in [0.29, 0.717) is 16.7 Å². The van der Waals surface area contributed by atoms with Crippen molar-refractivity contribution in [1.29, 1.82) is 0 Å². The van der Waals surface area contributed by atoms with Gasteiger partial charge >= 0.3 is 0 Å². The Bertz CT molecular complexity index is 2330. The molecule has 0 amide bonds. The molecule has 6 rings (SSSR count). The van der Waals surface area contributed by atoms with E-state index in [1.165, 1.54) is 16.7 Å². The van der Waals surface area contributed by atoms with Crippen molar-refractivity contribution in [1.82, 2.24) is 14.5 Å². The number of non-ortho nitro benzene ring substituents is 1. The molecule has 0 radical (unpaired) electrons. The van der Waals surface area contributed by atoms with Gasteiger partial charge in [-0.15, -0.1) is 0 Å². The predicted molar refractivity (Wildman–Crippen MR) is 166 cm³/mol. The van der Waals surface area contributed by atoms with Crippen molar-refractivity contribution in [3.05, 3.63) is 118 Å². The molecule has 2 aromatic heterocycles. The number of para-hydroxylation sites is 2. The molecule has 4 aromatic carbocycles. The Morgan fingerprint density at radius 3 is 1.98 bits per heavy atom. The van der Waals surface area contributed by atoms with Gasteiger partial charge in [0.15, 0.2) is 5.65 Å². The van der Waals surface area contributed by atoms with Gasteiger partial charge in [0.05, 0.1) is 25.7 Å². The number of hydrogen-bond acceptors (Lipinski definition) is 8. The van der Waals surface area contributed by atoms with E-state index in [-0.39, 0.29) is 37.4 Å². The first-order valence-electron chi connectivity index (χ1n) is 13.3. The third-order valence-corrected chi connectivity index (χ3v) is 10.5. The molecule has 0 fully saturated rings. The molecule has 2 heterocycles. The van der Waals surface area contributed by atoms with Crippen molar-refractivity contribution < 1.29 is 21.8 Å². The van der Waals surface area contributed by atoms with Crippen LogP contribution in [0.15, 0.2) is 106 Å². The van der Waals surface area contributed by atoms with Crippen molar-refractivity contribution in [2.24, 2.45) is 0 Å². The van der Waals surface area contributed by atoms with E-state index in [1.807, 2.05) is 26.8 Å². The number of aromatic nitrogens is 3. The van der Waals surface area contributed by atoms with E-state index in [2.05, 4.69) is 4.72 Å². The van der Waals surface area contributed by atoms with E-state index in [9.17, 15) is 26.9 Å². The van der Waals surface area contributed by atoms with Crippen molar-refractivity contribution in [3.63, 3.8) is 0 Å². The van der Waals surface area contributed by atoms with Gasteiger partial charge in [-0.2, -0.15) is 0 Å². The number of nitro groups is 1. The first-order chi connectivity index (χ1) is 20.9. The Morgan fingerprint density at radius 1 is 0.750 bits per heavy atom. The van der Waals surface area contributed by atoms with Crippen LogP contribution in [0.25, 0.3) is 27.9 Å². The topological polar surface area (TPSA) is 154 Å². The molecule has 222 valence electrons. The minimum Gasteiger partial charge on any atom is -0.277 e. The quantitative estimate of drug-likeness (QED) is 0.166. The molecule has 0 saturated heterocycles. The summed E-state index contributed by atoms with van der Waals surface area (Å²) < 4.78 is 60.4. The smallest absolute Gasteiger partial charge is 0.269 e. The Balaban J connectivity index is 1.72. The summed E-state index contributed by atoms with van der Waals surface area (Å²) in [7, 11) is -8.88. The average molecular weight is 628 g/mol. The van der Waals surface area contributed by atoms with Crippen molar-refractivity contribution >= 4 is 53.6 Å². The van der Waals surface area contributed by atoms with Gasteiger partial charge in [0.2, 0.25) is 9.84 Å². The monoisotopic (exact) mass is 627 g/mol. The number of nitrogens with zero attached hydrogens (tertiary/aromatic N) is 4. The molecule has 11 nitrogen and oxygen atoms in total. The zero-order valence-corrected chi connectivity index (χ0v) is 25.3. The van der Waals surface area contributed by atoms with Crippen molar-refractivity contribution in [3.8, 4) is 5.69 Å². The summed E-state index contributed by atoms with van der Waals surface area (Å²) in [5, 5.41) is 11.2. The lowest BCUT2D eigenvalue weighted by molar-refractivity contribution is -0.384. The molecule has 0 atom stereocenters. The molecule has 1 N–H and O–H groups in total. The van der Waals surface area contributed by atoms with Crippen LogP contribution in [0.1, 0.15) is 16.7 Å². The third kappa shape index (κ3) is 4.95. The van der Waals surface area contributed by atoms with Crippen LogP contribution < -0.4 is 4.72 Å². The summed E-state index contributed by atoms with van der Waals surface area (Å²) in [6.45, 7) is 5.63. The molecular formula is C31H25N5O6S2. The number of rotatable bonds is 7. The number of anilines is 1. The number of aryl methyl sites for hydroxylation is 3. The standard InChI is InChI=1S/C31H25N5O6S2/c1-19-8-14-24(15-9-19)43(39,40)29-28-30(33-27-7-5-4-6-26(27)32-28)35(23-11-10-20(2)21(3)18-23)31(29)34-44(41,42)25-16-12-22(13-17-25)36(37)38/h4-18,34H,1-3H3. The van der Waals surface area contributed by atoms with Crippen LogP contribution >= 0.6 is 0 Å². The second kappa shape index (κ2) is 10.5. The Labute approximate surface area is 253 Å². The fraction of sp³-hybridized carbons (Fsp3) is 0.0968. The maximum absolute atomic E-state index is 14.4. The number of sulfonamides is 1. The molecule has 13 heteroatoms. The van der Waals surface area contributed by atoms with E-state index in [1.54, 1.807) is 48.5 Å². The van der Waals surface area contributed by atoms with Crippen LogP contribution in [0.5, 0.6) is 0 Å². The highest BCUT2D eigenvalue weighted by Gasteiger charge is 2.34. The SMILES string of the molecule is Cc1ccc(S(=O)(=O)c2c(NS(=O)(=O)c3ccc([N+](=O)[O-])cc3)n(-c3ccc(C)c(C)c3)c3nc4ccccc4nc23)cc1. The minimum absolute atomic E-state index is 0.0242. The summed E-state index contributed by atoms with van der Waals surface area (Å²) >= 11 is 0. The highest BCUT2D eigenvalue weighted by atomic mass is 32.2. The van der Waals surface area contributed by atoms with E-state index in [0.717, 1.165) is 41.0 Å². The van der Waals surface area contributed by atoms with Crippen LogP contribution in [0.2, 0.25) is 0 Å². The van der Waals surface area contributed by atoms with E-state index >= 15 is 0 Å². The second-order valence-electron chi connectivity index (χ2n) is 10.3. The highest BCUT2D eigenvalue weighted by Crippen LogP contribution is 2.40. The van der Waals surface area contributed by atoms with Crippen LogP contribution in [-0.2, 0) is 19.9 Å². The molecule has 0 spiro atoms. The lowest BCUT2D eigenvalue weighted by Crippen LogP contribution is -2.18. The Hall–Kier alpha value is -5.14. The predicted octanol–water partition coefficient (Wildman–Crippen LogP) is 6.04. The van der Waals surface area contributed by atoms with Crippen LogP contribution in [0, 0.1) is 30.9 Å². The second-order valence-corrected chi connectivity index (χ2v) is 13.9. The summed E-state index contributed by atoms with van der Waals surface area (Å²) in [4.78, 5) is 19.3. The largest absolute Gasteiger partial charge is 0.277 e. The number of nitro benzene ring substituents is 1. The molecule has 0 unspecified atom stereocenters. The molecular weight excluding hydrogens is 603 g/mol. The maximum Gasteiger partial charge on any atom is 0.269 e. The Morgan fingerprint density at radius 2 is 1.36 bits per heavy atom. The Kier molecular flexibility index (Phi) is 6.94. The maximum atomic E-state index is 14.4. The molecule has 0 bridgehead atoms. The lowest BCUT2D eigenvalue weighted by atomic mass is 10.1. The molecule has 6 aromatic rings. The fourth-order valence-corrected chi connectivity index (χ4v) is 7.49. The normalized spacial score (nSPS) is 12.1. The molecule has 0 aliphatic heterocycles. The fourth-order valence-electron chi connectivity index (χ4n) is 4.85. The first-order valence-corrected chi connectivity index (χ1v) is 16.3. The van der Waals surface area contributed by atoms with Crippen LogP contribution in [0.3, 0.4) is 0 Å². The molecule has 44 heavy (non-hydrogen) atoms. The highest BCUT2D eigenvalue weighted by molar-refractivity contribution is 7.93. The average Bonchev–Trinajstić information content (AvgIpc) is 3.30. The number of nitrogens with one attached hydrogen (secondary N) is 1. The third-order valence-electron chi connectivity index (χ3n) is 7.36. The van der Waals surface area contributed by atoms with Gasteiger partial charge in [0, 0.05) is 17.8 Å². The van der Waals surface area contributed by atoms with Gasteiger partial charge in [0.1, 0.15) is 16.2 Å². The summed E-state index contributed by atoms with van der Waals surface area (Å²) in [5.41, 5.74) is 3.85. The lowest BCUT2D eigenvalue weighted by Gasteiger charge is -2.15. The van der Waals surface area contributed by atoms with Gasteiger partial charge in [0.25, 0.3) is 15.7 Å². The minimum atomic E-state index is -4.48. The van der Waals surface area contributed by atoms with Crippen LogP contribution in [-0.4, -0.2) is 36.3 Å². The molecule has 0 aliphatic carbocycles. The van der Waals surface area contributed by atoms with Crippen molar-refractivity contribution in [2.75, 3.05) is 4.72 Å². The van der Waals surface area contributed by atoms with Gasteiger partial charge in [-0.05, 0) is 80.4 Å². The van der Waals surface area contributed by atoms with E-state index in [4.69, 9.17) is 9.97 Å². The molecule has 0 aliphatic rings. The number of hydrogen-bond donors (Lipinski definition) is 1. The van der Waals surface area contributed by atoms with E-state index < -0.39 is 24.8 Å². The van der Waals surface area contributed by atoms with Crippen LogP contribution in [0.4, 0.5) is 11.5 Å². The van der Waals surface area contributed by atoms with Gasteiger partial charge in [-0.3, -0.25) is 19.4 Å². The van der Waals surface area contributed by atoms with Crippen molar-refractivity contribution in [2.45, 2.75) is 35.5 Å². The summed E-state index contributed by atoms with van der Waals surface area (Å²) in [5.74, 6) is -0.294. The zero-order chi connectivity index (χ0) is 31.4. The number of benzene rings is 4. The van der Waals surface area contributed by atoms with Gasteiger partial charge in [-0.1, -0.05) is 35.9 Å². The summed E-state index contributed by atoms with van der Waals surface area (Å²) in [6.07, 6.45) is 0.